The number of rotatable bonds is 0. The molecule has 0 radical (unpaired) electrons. The third-order valence-electron chi connectivity index (χ3n) is 2.36. The van der Waals surface area contributed by atoms with Crippen LogP contribution in [0.15, 0.2) is 0 Å². The third kappa shape index (κ3) is 1.10. The third-order valence-corrected chi connectivity index (χ3v) is 3.62. The van der Waals surface area contributed by atoms with Crippen LogP contribution < -0.4 is 5.32 Å². The van der Waals surface area contributed by atoms with Gasteiger partial charge in [-0.1, -0.05) is 0 Å². The Morgan fingerprint density at radius 2 is 2.33 bits per heavy atom. The van der Waals surface area contributed by atoms with E-state index in [1.165, 1.54) is 30.9 Å². The van der Waals surface area contributed by atoms with Crippen LogP contribution in [0.4, 0.5) is 0 Å². The van der Waals surface area contributed by atoms with Gasteiger partial charge in [0.2, 0.25) is 0 Å². The van der Waals surface area contributed by atoms with E-state index in [2.05, 4.69) is 17.1 Å². The van der Waals surface area contributed by atoms with Crippen molar-refractivity contribution in [1.29, 1.82) is 0 Å². The average Bonchev–Trinajstić information content (AvgIpc) is 2.33. The molecule has 52 valence electrons. The lowest BCUT2D eigenvalue weighted by atomic mass is 9.94. The highest BCUT2D eigenvalue weighted by molar-refractivity contribution is 7.99. The summed E-state index contributed by atoms with van der Waals surface area (Å²) in [6, 6.07) is 0.878. The maximum atomic E-state index is 3.56. The number of nitrogens with one attached hydrogen (secondary N) is 1. The zero-order valence-corrected chi connectivity index (χ0v) is 6.41. The van der Waals surface area contributed by atoms with E-state index < -0.39 is 0 Å². The van der Waals surface area contributed by atoms with Crippen LogP contribution in [0.3, 0.4) is 0 Å². The zero-order valence-electron chi connectivity index (χ0n) is 5.60. The number of thioether (sulfide) groups is 1. The molecule has 2 aliphatic rings. The second-order valence-corrected chi connectivity index (χ2v) is 4.08. The second kappa shape index (κ2) is 2.51. The lowest BCUT2D eigenvalue weighted by Crippen LogP contribution is -2.40. The van der Waals surface area contributed by atoms with Crippen LogP contribution in [-0.2, 0) is 0 Å². The molecule has 2 rings (SSSR count). The lowest BCUT2D eigenvalue weighted by Gasteiger charge is -2.25. The molecule has 2 aliphatic heterocycles. The minimum atomic E-state index is 0.878. The molecule has 0 spiro atoms. The maximum absolute atomic E-state index is 3.56. The Morgan fingerprint density at radius 3 is 3.22 bits per heavy atom. The molecule has 2 fully saturated rings. The molecule has 1 N–H and O–H groups in total. The Balaban J connectivity index is 1.97. The topological polar surface area (TPSA) is 12.0 Å². The van der Waals surface area contributed by atoms with Gasteiger partial charge in [0.25, 0.3) is 0 Å². The highest BCUT2D eigenvalue weighted by Crippen LogP contribution is 2.29. The first-order valence-electron chi connectivity index (χ1n) is 3.78. The van der Waals surface area contributed by atoms with E-state index in [1.807, 2.05) is 0 Å². The van der Waals surface area contributed by atoms with Gasteiger partial charge >= 0.3 is 0 Å². The minimum absolute atomic E-state index is 0.878. The van der Waals surface area contributed by atoms with Crippen LogP contribution in [0.5, 0.6) is 0 Å². The standard InChI is InChI=1S/C7H13NS/c1-2-6-4-9-5-7(6)8-3-1/h6-8H,1-5H2/t6-,7+/m0/s1. The van der Waals surface area contributed by atoms with Crippen molar-refractivity contribution in [3.63, 3.8) is 0 Å². The van der Waals surface area contributed by atoms with Gasteiger partial charge in [0.05, 0.1) is 0 Å². The van der Waals surface area contributed by atoms with E-state index in [0.717, 1.165) is 12.0 Å². The highest BCUT2D eigenvalue weighted by Gasteiger charge is 2.29. The number of hydrogen-bond acceptors (Lipinski definition) is 2. The van der Waals surface area contributed by atoms with Gasteiger partial charge in [-0.3, -0.25) is 0 Å². The molecule has 0 aromatic carbocycles. The smallest absolute Gasteiger partial charge is 0.0194 e. The van der Waals surface area contributed by atoms with Gasteiger partial charge in [-0.15, -0.1) is 0 Å². The van der Waals surface area contributed by atoms with Crippen LogP contribution in [-0.4, -0.2) is 24.1 Å². The molecular weight excluding hydrogens is 130 g/mol. The summed E-state index contributed by atoms with van der Waals surface area (Å²) in [7, 11) is 0. The molecule has 0 aromatic heterocycles. The summed E-state index contributed by atoms with van der Waals surface area (Å²) in [6.07, 6.45) is 2.88. The predicted octanol–water partition coefficient (Wildman–Crippen LogP) is 1.10. The first kappa shape index (κ1) is 6.05. The summed E-state index contributed by atoms with van der Waals surface area (Å²) in [5.74, 6) is 3.80. The van der Waals surface area contributed by atoms with Gasteiger partial charge in [0, 0.05) is 11.8 Å². The Labute approximate surface area is 60.6 Å². The van der Waals surface area contributed by atoms with Crippen LogP contribution in [0.25, 0.3) is 0 Å². The van der Waals surface area contributed by atoms with E-state index >= 15 is 0 Å². The minimum Gasteiger partial charge on any atom is -0.313 e. The fraction of sp³-hybridized carbons (Fsp3) is 1.00. The fourth-order valence-electron chi connectivity index (χ4n) is 1.76. The zero-order chi connectivity index (χ0) is 6.10. The Hall–Kier alpha value is 0.310. The quantitative estimate of drug-likeness (QED) is 0.545. The van der Waals surface area contributed by atoms with Crippen molar-refractivity contribution in [1.82, 2.24) is 5.32 Å². The van der Waals surface area contributed by atoms with Crippen LogP contribution in [0.1, 0.15) is 12.8 Å². The van der Waals surface area contributed by atoms with E-state index in [9.17, 15) is 0 Å². The van der Waals surface area contributed by atoms with Crippen LogP contribution in [0.2, 0.25) is 0 Å². The summed E-state index contributed by atoms with van der Waals surface area (Å²) < 4.78 is 0. The van der Waals surface area contributed by atoms with Crippen molar-refractivity contribution in [2.24, 2.45) is 5.92 Å². The second-order valence-electron chi connectivity index (χ2n) is 3.00. The molecule has 0 aromatic rings. The number of fused-ring (bicyclic) bond motifs is 1. The number of hydrogen-bond donors (Lipinski definition) is 1. The molecule has 0 amide bonds. The van der Waals surface area contributed by atoms with Crippen molar-refractivity contribution in [3.8, 4) is 0 Å². The maximum Gasteiger partial charge on any atom is 0.0194 e. The molecule has 0 unspecified atom stereocenters. The fourth-order valence-corrected chi connectivity index (χ4v) is 3.24. The molecule has 2 heterocycles. The molecule has 2 heteroatoms. The summed E-state index contributed by atoms with van der Waals surface area (Å²) in [5, 5.41) is 3.56. The SMILES string of the molecule is C1CN[C@@H]2CSC[C@@H]2C1. The van der Waals surface area contributed by atoms with Gasteiger partial charge < -0.3 is 5.32 Å². The Kier molecular flexibility index (Phi) is 1.68. The van der Waals surface area contributed by atoms with Crippen molar-refractivity contribution < 1.29 is 0 Å². The molecule has 1 nitrogen and oxygen atoms in total. The van der Waals surface area contributed by atoms with Crippen molar-refractivity contribution >= 4 is 11.8 Å². The van der Waals surface area contributed by atoms with E-state index in [-0.39, 0.29) is 0 Å². The van der Waals surface area contributed by atoms with E-state index in [4.69, 9.17) is 0 Å². The summed E-state index contributed by atoms with van der Waals surface area (Å²) in [4.78, 5) is 0. The van der Waals surface area contributed by atoms with Gasteiger partial charge in [0.1, 0.15) is 0 Å². The van der Waals surface area contributed by atoms with E-state index in [0.29, 0.717) is 0 Å². The van der Waals surface area contributed by atoms with Crippen LogP contribution in [0, 0.1) is 5.92 Å². The molecule has 0 saturated carbocycles. The first-order valence-corrected chi connectivity index (χ1v) is 4.93. The van der Waals surface area contributed by atoms with E-state index in [1.54, 1.807) is 0 Å². The van der Waals surface area contributed by atoms with Crippen molar-refractivity contribution in [2.45, 2.75) is 18.9 Å². The molecule has 9 heavy (non-hydrogen) atoms. The van der Waals surface area contributed by atoms with Gasteiger partial charge in [-0.2, -0.15) is 11.8 Å². The monoisotopic (exact) mass is 143 g/mol. The predicted molar refractivity (Wildman–Crippen MR) is 41.8 cm³/mol. The first-order chi connectivity index (χ1) is 4.47. The van der Waals surface area contributed by atoms with Crippen molar-refractivity contribution in [3.05, 3.63) is 0 Å². The molecule has 2 saturated heterocycles. The summed E-state index contributed by atoms with van der Waals surface area (Å²) in [5.41, 5.74) is 0. The number of piperidine rings is 1. The molecular formula is C7H13NS. The van der Waals surface area contributed by atoms with Gasteiger partial charge in [-0.05, 0) is 31.1 Å². The normalized spacial score (nSPS) is 42.7. The molecule has 0 bridgehead atoms. The molecule has 0 aliphatic carbocycles. The Bertz CT molecular complexity index is 93.1. The summed E-state index contributed by atoms with van der Waals surface area (Å²) >= 11 is 2.12. The lowest BCUT2D eigenvalue weighted by molar-refractivity contribution is 0.340. The largest absolute Gasteiger partial charge is 0.313 e. The highest BCUT2D eigenvalue weighted by atomic mass is 32.2. The van der Waals surface area contributed by atoms with Gasteiger partial charge in [0.15, 0.2) is 0 Å². The van der Waals surface area contributed by atoms with Crippen molar-refractivity contribution in [2.75, 3.05) is 18.1 Å². The molecule has 2 atom stereocenters. The van der Waals surface area contributed by atoms with Gasteiger partial charge in [-0.25, -0.2) is 0 Å². The Morgan fingerprint density at radius 1 is 1.33 bits per heavy atom. The summed E-state index contributed by atoms with van der Waals surface area (Å²) in [6.45, 7) is 1.27. The van der Waals surface area contributed by atoms with Crippen LogP contribution >= 0.6 is 11.8 Å². The average molecular weight is 143 g/mol.